The Labute approximate surface area is 498 Å². The summed E-state index contributed by atoms with van der Waals surface area (Å²) in [4.78, 5) is 38.5. The van der Waals surface area contributed by atoms with E-state index in [0.717, 1.165) is 70.6 Å². The fraction of sp³-hybridized carbons (Fsp3) is 0.824. The van der Waals surface area contributed by atoms with Gasteiger partial charge in [0, 0.05) is 19.3 Å². The van der Waals surface area contributed by atoms with Gasteiger partial charge in [0.2, 0.25) is 0 Å². The molecular formula is C74H134O6. The molecule has 0 heterocycles. The summed E-state index contributed by atoms with van der Waals surface area (Å²) in [5.41, 5.74) is 0. The van der Waals surface area contributed by atoms with Crippen LogP contribution in [0.2, 0.25) is 0 Å². The van der Waals surface area contributed by atoms with Gasteiger partial charge in [-0.3, -0.25) is 14.4 Å². The maximum absolute atomic E-state index is 12.9. The van der Waals surface area contributed by atoms with Crippen LogP contribution in [0.15, 0.2) is 60.8 Å². The second kappa shape index (κ2) is 68.6. The lowest BCUT2D eigenvalue weighted by molar-refractivity contribution is -0.167. The summed E-state index contributed by atoms with van der Waals surface area (Å²) in [7, 11) is 0. The Balaban J connectivity index is 4.31. The van der Waals surface area contributed by atoms with Gasteiger partial charge in [-0.1, -0.05) is 306 Å². The zero-order valence-corrected chi connectivity index (χ0v) is 53.6. The molecule has 6 nitrogen and oxygen atoms in total. The minimum Gasteiger partial charge on any atom is -0.462 e. The summed E-state index contributed by atoms with van der Waals surface area (Å²) < 4.78 is 17.0. The van der Waals surface area contributed by atoms with Gasteiger partial charge in [0.1, 0.15) is 13.2 Å². The fourth-order valence-electron chi connectivity index (χ4n) is 10.4. The van der Waals surface area contributed by atoms with Crippen LogP contribution in [0.25, 0.3) is 0 Å². The predicted molar refractivity (Wildman–Crippen MR) is 348 cm³/mol. The summed E-state index contributed by atoms with van der Waals surface area (Å²) in [6.07, 6.45) is 88.1. The van der Waals surface area contributed by atoms with E-state index in [2.05, 4.69) is 81.5 Å². The number of esters is 3. The Morgan fingerprint density at radius 3 is 0.713 bits per heavy atom. The number of allylic oxidation sites excluding steroid dienone is 10. The molecular weight excluding hydrogens is 985 g/mol. The molecule has 1 atom stereocenters. The second-order valence-electron chi connectivity index (χ2n) is 23.8. The van der Waals surface area contributed by atoms with E-state index in [0.29, 0.717) is 19.3 Å². The van der Waals surface area contributed by atoms with Crippen molar-refractivity contribution in [3.63, 3.8) is 0 Å². The molecule has 0 aromatic heterocycles. The van der Waals surface area contributed by atoms with Crippen molar-refractivity contribution in [2.45, 2.75) is 380 Å². The third kappa shape index (κ3) is 65.9. The number of rotatable bonds is 65. The van der Waals surface area contributed by atoms with Crippen molar-refractivity contribution in [2.24, 2.45) is 0 Å². The predicted octanol–water partition coefficient (Wildman–Crippen LogP) is 24.3. The number of carbonyl (C=O) groups is 3. The van der Waals surface area contributed by atoms with Crippen LogP contribution in [0.3, 0.4) is 0 Å². The molecule has 0 aliphatic carbocycles. The van der Waals surface area contributed by atoms with Crippen LogP contribution in [0.1, 0.15) is 374 Å². The quantitative estimate of drug-likeness (QED) is 0.0261. The van der Waals surface area contributed by atoms with Gasteiger partial charge in [0.25, 0.3) is 0 Å². The maximum Gasteiger partial charge on any atom is 0.306 e. The zero-order valence-electron chi connectivity index (χ0n) is 53.6. The largest absolute Gasteiger partial charge is 0.462 e. The minimum absolute atomic E-state index is 0.0756. The van der Waals surface area contributed by atoms with E-state index in [4.69, 9.17) is 14.2 Å². The first-order chi connectivity index (χ1) is 39.5. The van der Waals surface area contributed by atoms with E-state index in [1.54, 1.807) is 0 Å². The number of ether oxygens (including phenoxy) is 3. The van der Waals surface area contributed by atoms with Crippen LogP contribution in [0, 0.1) is 0 Å². The first-order valence-electron chi connectivity index (χ1n) is 35.3. The van der Waals surface area contributed by atoms with Crippen LogP contribution < -0.4 is 0 Å². The highest BCUT2D eigenvalue weighted by molar-refractivity contribution is 5.71. The first kappa shape index (κ1) is 77.1. The van der Waals surface area contributed by atoms with E-state index in [-0.39, 0.29) is 31.1 Å². The Kier molecular flexibility index (Phi) is 66.1. The number of carbonyl (C=O) groups excluding carboxylic acids is 3. The van der Waals surface area contributed by atoms with Gasteiger partial charge >= 0.3 is 17.9 Å². The Hall–Kier alpha value is -2.89. The van der Waals surface area contributed by atoms with Crippen molar-refractivity contribution < 1.29 is 28.6 Å². The summed E-state index contributed by atoms with van der Waals surface area (Å²) in [5.74, 6) is -0.864. The molecule has 0 aromatic rings. The van der Waals surface area contributed by atoms with Crippen LogP contribution in [0.5, 0.6) is 0 Å². The van der Waals surface area contributed by atoms with E-state index >= 15 is 0 Å². The Morgan fingerprint density at radius 2 is 0.450 bits per heavy atom. The van der Waals surface area contributed by atoms with Gasteiger partial charge in [-0.25, -0.2) is 0 Å². The van der Waals surface area contributed by atoms with Crippen LogP contribution >= 0.6 is 0 Å². The molecule has 0 radical (unpaired) electrons. The monoisotopic (exact) mass is 1120 g/mol. The Bertz CT molecular complexity index is 1430. The molecule has 0 aliphatic rings. The van der Waals surface area contributed by atoms with Gasteiger partial charge in [-0.2, -0.15) is 0 Å². The fourth-order valence-corrected chi connectivity index (χ4v) is 10.4. The van der Waals surface area contributed by atoms with Gasteiger partial charge in [0.05, 0.1) is 0 Å². The van der Waals surface area contributed by atoms with Crippen molar-refractivity contribution in [1.82, 2.24) is 0 Å². The molecule has 0 aliphatic heterocycles. The molecule has 0 N–H and O–H groups in total. The number of unbranched alkanes of at least 4 members (excludes halogenated alkanes) is 44. The third-order valence-electron chi connectivity index (χ3n) is 15.7. The second-order valence-corrected chi connectivity index (χ2v) is 23.8. The number of hydrogen-bond acceptors (Lipinski definition) is 6. The SMILES string of the molecule is CCCCCCC/C=C\C/C=C\C/C=C\CCCCCCCCCCCCCCC(=O)OCC(COC(=O)CCCCCCCCC/C=C\CCCCCCCC)OC(=O)CCCCCCCCC/C=C\CCCCCCCCC. The molecule has 466 valence electrons. The van der Waals surface area contributed by atoms with Crippen molar-refractivity contribution >= 4 is 17.9 Å². The molecule has 80 heavy (non-hydrogen) atoms. The molecule has 0 aromatic carbocycles. The van der Waals surface area contributed by atoms with E-state index < -0.39 is 6.10 Å². The lowest BCUT2D eigenvalue weighted by Gasteiger charge is -2.18. The van der Waals surface area contributed by atoms with Crippen molar-refractivity contribution in [1.29, 1.82) is 0 Å². The highest BCUT2D eigenvalue weighted by Gasteiger charge is 2.19. The average Bonchev–Trinajstić information content (AvgIpc) is 3.46. The average molecular weight is 1120 g/mol. The zero-order chi connectivity index (χ0) is 57.8. The number of hydrogen-bond donors (Lipinski definition) is 0. The molecule has 0 bridgehead atoms. The first-order valence-corrected chi connectivity index (χ1v) is 35.3. The highest BCUT2D eigenvalue weighted by Crippen LogP contribution is 2.17. The van der Waals surface area contributed by atoms with Crippen LogP contribution in [-0.2, 0) is 28.6 Å². The molecule has 1 unspecified atom stereocenters. The smallest absolute Gasteiger partial charge is 0.306 e. The summed E-state index contributed by atoms with van der Waals surface area (Å²) in [5, 5.41) is 0. The molecule has 0 spiro atoms. The van der Waals surface area contributed by atoms with E-state index in [1.807, 2.05) is 0 Å². The molecule has 6 heteroatoms. The van der Waals surface area contributed by atoms with Crippen molar-refractivity contribution in [3.8, 4) is 0 Å². The van der Waals surface area contributed by atoms with Crippen LogP contribution in [0.4, 0.5) is 0 Å². The van der Waals surface area contributed by atoms with Crippen molar-refractivity contribution in [2.75, 3.05) is 13.2 Å². The van der Waals surface area contributed by atoms with Gasteiger partial charge < -0.3 is 14.2 Å². The topological polar surface area (TPSA) is 78.9 Å². The van der Waals surface area contributed by atoms with Gasteiger partial charge in [-0.05, 0) is 109 Å². The molecule has 0 saturated heterocycles. The minimum atomic E-state index is -0.780. The van der Waals surface area contributed by atoms with Crippen LogP contribution in [-0.4, -0.2) is 37.2 Å². The molecule has 0 rings (SSSR count). The standard InChI is InChI=1S/C74H134O6/c1-4-7-10-13-16-19-22-25-28-31-33-34-35-36-37-38-39-40-41-44-46-49-52-55-58-61-64-67-73(76)79-70-71(69-78-72(75)66-63-60-57-54-51-48-45-42-30-27-24-21-18-15-12-9-6-3)80-74(77)68-65-62-59-56-53-50-47-43-32-29-26-23-20-17-14-11-8-5-2/h22,25,27,29-33,35-36,71H,4-21,23-24,26,28,34,37-70H2,1-3H3/b25-22-,30-27-,32-29-,33-31-,36-35-. The summed E-state index contributed by atoms with van der Waals surface area (Å²) in [6.45, 7) is 6.67. The highest BCUT2D eigenvalue weighted by atomic mass is 16.6. The lowest BCUT2D eigenvalue weighted by atomic mass is 10.0. The lowest BCUT2D eigenvalue weighted by Crippen LogP contribution is -2.30. The third-order valence-corrected chi connectivity index (χ3v) is 15.7. The van der Waals surface area contributed by atoms with E-state index in [1.165, 1.54) is 263 Å². The van der Waals surface area contributed by atoms with Crippen molar-refractivity contribution in [3.05, 3.63) is 60.8 Å². The normalized spacial score (nSPS) is 12.4. The van der Waals surface area contributed by atoms with E-state index in [9.17, 15) is 14.4 Å². The Morgan fingerprint density at radius 1 is 0.250 bits per heavy atom. The summed E-state index contributed by atoms with van der Waals surface area (Å²) >= 11 is 0. The molecule has 0 saturated carbocycles. The molecule has 0 fully saturated rings. The van der Waals surface area contributed by atoms with Gasteiger partial charge in [0.15, 0.2) is 6.10 Å². The maximum atomic E-state index is 12.9. The molecule has 0 amide bonds. The van der Waals surface area contributed by atoms with Gasteiger partial charge in [-0.15, -0.1) is 0 Å². The summed E-state index contributed by atoms with van der Waals surface area (Å²) in [6, 6.07) is 0.